The van der Waals surface area contributed by atoms with E-state index in [9.17, 15) is 5.21 Å². The van der Waals surface area contributed by atoms with Gasteiger partial charge in [-0.25, -0.2) is 0 Å². The molecular formula is C20H21NO5. The molecule has 26 heavy (non-hydrogen) atoms. The lowest BCUT2D eigenvalue weighted by atomic mass is 9.76. The van der Waals surface area contributed by atoms with E-state index < -0.39 is 0 Å². The maximum absolute atomic E-state index is 13.3. The third-order valence-corrected chi connectivity index (χ3v) is 5.92. The van der Waals surface area contributed by atoms with Gasteiger partial charge in [0.1, 0.15) is 6.04 Å². The minimum Gasteiger partial charge on any atom is -0.633 e. The highest BCUT2D eigenvalue weighted by Crippen LogP contribution is 2.57. The fourth-order valence-corrected chi connectivity index (χ4v) is 4.65. The molecule has 0 spiro atoms. The zero-order chi connectivity index (χ0) is 18.1. The molecule has 2 heterocycles. The van der Waals surface area contributed by atoms with Crippen LogP contribution < -0.4 is 18.9 Å². The SMILES string of the molecule is COc1ccc2c(c1OC)CC1c3c(cc4c(c3-2)OCO4)CC[N+]1(C)[O-]. The van der Waals surface area contributed by atoms with Crippen LogP contribution in [0.2, 0.25) is 0 Å². The Bertz CT molecular complexity index is 921. The quantitative estimate of drug-likeness (QED) is 0.612. The Labute approximate surface area is 152 Å². The van der Waals surface area contributed by atoms with Gasteiger partial charge in [0.15, 0.2) is 23.0 Å². The molecule has 2 atom stereocenters. The highest BCUT2D eigenvalue weighted by Gasteiger charge is 2.43. The van der Waals surface area contributed by atoms with E-state index in [1.54, 1.807) is 21.3 Å². The molecule has 5 rings (SSSR count). The summed E-state index contributed by atoms with van der Waals surface area (Å²) in [4.78, 5) is 0. The summed E-state index contributed by atoms with van der Waals surface area (Å²) in [5.74, 6) is 2.88. The monoisotopic (exact) mass is 355 g/mol. The maximum atomic E-state index is 13.3. The van der Waals surface area contributed by atoms with Crippen molar-refractivity contribution in [3.8, 4) is 34.1 Å². The normalized spacial score (nSPS) is 24.7. The van der Waals surface area contributed by atoms with Crippen molar-refractivity contribution in [1.29, 1.82) is 0 Å². The zero-order valence-electron chi connectivity index (χ0n) is 15.1. The summed E-state index contributed by atoms with van der Waals surface area (Å²) in [5.41, 5.74) is 5.33. The molecule has 1 aliphatic carbocycles. The summed E-state index contributed by atoms with van der Waals surface area (Å²) in [6.45, 7) is 0.764. The van der Waals surface area contributed by atoms with E-state index in [1.807, 2.05) is 12.1 Å². The molecule has 0 fully saturated rings. The van der Waals surface area contributed by atoms with Gasteiger partial charge in [-0.2, -0.15) is 0 Å². The minimum absolute atomic E-state index is 0.184. The third kappa shape index (κ3) is 1.94. The van der Waals surface area contributed by atoms with Gasteiger partial charge in [0.05, 0.1) is 27.8 Å². The molecule has 3 aliphatic rings. The van der Waals surface area contributed by atoms with E-state index in [4.69, 9.17) is 18.9 Å². The largest absolute Gasteiger partial charge is 0.633 e. The molecule has 0 aromatic heterocycles. The number of benzene rings is 2. The number of nitrogens with zero attached hydrogens (tertiary/aromatic N) is 1. The van der Waals surface area contributed by atoms with Gasteiger partial charge in [0.25, 0.3) is 0 Å². The van der Waals surface area contributed by atoms with Gasteiger partial charge in [-0.15, -0.1) is 0 Å². The van der Waals surface area contributed by atoms with E-state index in [2.05, 4.69) is 6.07 Å². The Morgan fingerprint density at radius 1 is 1.19 bits per heavy atom. The number of quaternary nitrogens is 1. The Morgan fingerprint density at radius 3 is 2.81 bits per heavy atom. The smallest absolute Gasteiger partial charge is 0.231 e. The minimum atomic E-state index is -0.292. The van der Waals surface area contributed by atoms with E-state index in [-0.39, 0.29) is 17.5 Å². The molecule has 136 valence electrons. The van der Waals surface area contributed by atoms with Gasteiger partial charge in [-0.3, -0.25) is 0 Å². The number of likely N-dealkylation sites (N-methyl/N-ethyl adjacent to an activating group) is 1. The van der Waals surface area contributed by atoms with Gasteiger partial charge < -0.3 is 28.8 Å². The van der Waals surface area contributed by atoms with E-state index in [1.165, 1.54) is 5.56 Å². The molecule has 0 radical (unpaired) electrons. The first-order chi connectivity index (χ1) is 12.5. The molecular weight excluding hydrogens is 334 g/mol. The fraction of sp³-hybridized carbons (Fsp3) is 0.400. The molecule has 0 amide bonds. The van der Waals surface area contributed by atoms with E-state index in [0.29, 0.717) is 24.5 Å². The summed E-state index contributed by atoms with van der Waals surface area (Å²) in [6.07, 6.45) is 1.37. The number of hydrogen-bond donors (Lipinski definition) is 0. The average Bonchev–Trinajstić information content (AvgIpc) is 3.11. The summed E-state index contributed by atoms with van der Waals surface area (Å²) < 4.78 is 22.4. The van der Waals surface area contributed by atoms with E-state index in [0.717, 1.165) is 40.2 Å². The average molecular weight is 355 g/mol. The number of hydroxylamine groups is 3. The molecule has 2 unspecified atom stereocenters. The van der Waals surface area contributed by atoms with Gasteiger partial charge in [0, 0.05) is 29.5 Å². The molecule has 0 bridgehead atoms. The van der Waals surface area contributed by atoms with Gasteiger partial charge >= 0.3 is 0 Å². The van der Waals surface area contributed by atoms with Gasteiger partial charge in [-0.05, 0) is 29.3 Å². The van der Waals surface area contributed by atoms with Crippen molar-refractivity contribution in [2.24, 2.45) is 0 Å². The second-order valence-electron chi connectivity index (χ2n) is 7.25. The Kier molecular flexibility index (Phi) is 3.21. The number of ether oxygens (including phenoxy) is 4. The first-order valence-electron chi connectivity index (χ1n) is 8.81. The predicted octanol–water partition coefficient (Wildman–Crippen LogP) is 3.20. The number of methoxy groups -OCH3 is 2. The maximum Gasteiger partial charge on any atom is 0.231 e. The topological polar surface area (TPSA) is 60.0 Å². The van der Waals surface area contributed by atoms with Crippen LogP contribution in [0, 0.1) is 5.21 Å². The molecule has 0 saturated heterocycles. The highest BCUT2D eigenvalue weighted by atomic mass is 16.7. The first-order valence-corrected chi connectivity index (χ1v) is 8.81. The lowest BCUT2D eigenvalue weighted by Crippen LogP contribution is -2.48. The van der Waals surface area contributed by atoms with Crippen molar-refractivity contribution in [3.63, 3.8) is 0 Å². The zero-order valence-corrected chi connectivity index (χ0v) is 15.1. The summed E-state index contributed by atoms with van der Waals surface area (Å²) in [6, 6.07) is 5.82. The lowest BCUT2D eigenvalue weighted by Gasteiger charge is -2.51. The lowest BCUT2D eigenvalue weighted by molar-refractivity contribution is -0.894. The number of fused-ring (bicyclic) bond motifs is 4. The number of hydrogen-bond acceptors (Lipinski definition) is 5. The van der Waals surface area contributed by atoms with Crippen LogP contribution in [0.15, 0.2) is 18.2 Å². The van der Waals surface area contributed by atoms with Crippen LogP contribution in [0.3, 0.4) is 0 Å². The van der Waals surface area contributed by atoms with Crippen molar-refractivity contribution in [2.45, 2.75) is 18.9 Å². The second kappa shape index (κ2) is 5.28. The van der Waals surface area contributed by atoms with Gasteiger partial charge in [0.2, 0.25) is 6.79 Å². The Hall–Kier alpha value is -2.44. The van der Waals surface area contributed by atoms with Gasteiger partial charge in [-0.1, -0.05) is 0 Å². The van der Waals surface area contributed by atoms with Crippen LogP contribution in [0.4, 0.5) is 0 Å². The molecule has 2 aliphatic heterocycles. The summed E-state index contributed by atoms with van der Waals surface area (Å²) in [7, 11) is 5.03. The first kappa shape index (κ1) is 15.8. The van der Waals surface area contributed by atoms with Crippen LogP contribution in [0.25, 0.3) is 11.1 Å². The molecule has 2 aromatic rings. The summed E-state index contributed by atoms with van der Waals surface area (Å²) in [5, 5.41) is 13.3. The fourth-order valence-electron chi connectivity index (χ4n) is 4.65. The van der Waals surface area contributed by atoms with Crippen molar-refractivity contribution >= 4 is 0 Å². The van der Waals surface area contributed by atoms with Crippen LogP contribution >= 0.6 is 0 Å². The molecule has 2 aromatic carbocycles. The van der Waals surface area contributed by atoms with Crippen molar-refractivity contribution in [1.82, 2.24) is 0 Å². The van der Waals surface area contributed by atoms with Crippen LogP contribution in [-0.2, 0) is 12.8 Å². The van der Waals surface area contributed by atoms with Crippen molar-refractivity contribution < 1.29 is 23.6 Å². The molecule has 0 saturated carbocycles. The Morgan fingerprint density at radius 2 is 2.04 bits per heavy atom. The highest BCUT2D eigenvalue weighted by molar-refractivity contribution is 5.85. The standard InChI is InChI=1S/C20H21NO5/c1-21(22)7-6-11-8-16-20(26-10-25-16)18-12-4-5-15(23-2)19(24-3)13(12)9-14(21)17(11)18/h4-5,8,14H,6-7,9-10H2,1-3H3. The predicted molar refractivity (Wildman–Crippen MR) is 95.7 cm³/mol. The van der Waals surface area contributed by atoms with E-state index >= 15 is 0 Å². The Balaban J connectivity index is 1.87. The third-order valence-electron chi connectivity index (χ3n) is 5.92. The molecule has 0 N–H and O–H groups in total. The van der Waals surface area contributed by atoms with Crippen molar-refractivity contribution in [2.75, 3.05) is 34.6 Å². The molecule has 6 nitrogen and oxygen atoms in total. The molecule has 6 heteroatoms. The number of rotatable bonds is 2. The second-order valence-corrected chi connectivity index (χ2v) is 7.25. The van der Waals surface area contributed by atoms with Crippen LogP contribution in [0.5, 0.6) is 23.0 Å². The van der Waals surface area contributed by atoms with Crippen LogP contribution in [-0.4, -0.2) is 39.3 Å². The van der Waals surface area contributed by atoms with Crippen molar-refractivity contribution in [3.05, 3.63) is 40.1 Å². The van der Waals surface area contributed by atoms with Crippen LogP contribution in [0.1, 0.15) is 22.7 Å². The summed E-state index contributed by atoms with van der Waals surface area (Å²) >= 11 is 0.